The first-order valence-electron chi connectivity index (χ1n) is 5.03. The van der Waals surface area contributed by atoms with E-state index in [0.717, 1.165) is 18.8 Å². The number of anilines is 1. The van der Waals surface area contributed by atoms with E-state index < -0.39 is 12.0 Å². The summed E-state index contributed by atoms with van der Waals surface area (Å²) < 4.78 is 0. The van der Waals surface area contributed by atoms with Crippen LogP contribution in [0.5, 0.6) is 0 Å². The first kappa shape index (κ1) is 10.6. The van der Waals surface area contributed by atoms with Crippen LogP contribution in [-0.2, 0) is 4.79 Å². The Hall–Kier alpha value is -1.88. The van der Waals surface area contributed by atoms with Crippen LogP contribution in [0.1, 0.15) is 11.6 Å². The van der Waals surface area contributed by atoms with Crippen molar-refractivity contribution in [2.45, 2.75) is 6.04 Å². The number of hydrogen-bond donors (Lipinski definition) is 2. The van der Waals surface area contributed by atoms with Gasteiger partial charge in [-0.15, -0.1) is 0 Å². The average Bonchev–Trinajstić information content (AvgIpc) is 2.81. The molecule has 3 N–H and O–H groups in total. The molecule has 5 heteroatoms. The van der Waals surface area contributed by atoms with Crippen LogP contribution in [-0.4, -0.2) is 30.5 Å². The molecule has 1 aliphatic rings. The molecule has 0 aliphatic carbocycles. The summed E-state index contributed by atoms with van der Waals surface area (Å²) in [6.45, 7) is 1.60. The third kappa shape index (κ3) is 2.04. The van der Waals surface area contributed by atoms with E-state index in [-0.39, 0.29) is 0 Å². The second-order valence-electron chi connectivity index (χ2n) is 3.63. The summed E-state index contributed by atoms with van der Waals surface area (Å²) in [5.74, 6) is -1.02. The van der Waals surface area contributed by atoms with E-state index in [1.165, 1.54) is 0 Å². The Kier molecular flexibility index (Phi) is 2.87. The minimum absolute atomic E-state index is 0.602. The van der Waals surface area contributed by atoms with Gasteiger partial charge in [0.1, 0.15) is 6.04 Å². The first-order chi connectivity index (χ1) is 7.68. The fourth-order valence-corrected chi connectivity index (χ4v) is 1.61. The minimum atomic E-state index is -1.02. The normalized spacial score (nSPS) is 16.4. The van der Waals surface area contributed by atoms with E-state index in [1.807, 2.05) is 11.0 Å². The van der Waals surface area contributed by atoms with Gasteiger partial charge >= 0.3 is 5.97 Å². The van der Waals surface area contributed by atoms with Gasteiger partial charge in [-0.25, -0.2) is 0 Å². The number of carboxylic acid groups (broad SMARTS) is 1. The second-order valence-corrected chi connectivity index (χ2v) is 3.63. The van der Waals surface area contributed by atoms with Gasteiger partial charge < -0.3 is 15.7 Å². The lowest BCUT2D eigenvalue weighted by atomic mass is 10.1. The summed E-state index contributed by atoms with van der Waals surface area (Å²) in [7, 11) is 0. The molecule has 1 aromatic rings. The lowest BCUT2D eigenvalue weighted by Gasteiger charge is -2.16. The van der Waals surface area contributed by atoms with Crippen molar-refractivity contribution in [2.24, 2.45) is 10.7 Å². The predicted octanol–water partition coefficient (Wildman–Crippen LogP) is 0.619. The molecule has 1 atom stereocenters. The van der Waals surface area contributed by atoms with E-state index in [9.17, 15) is 4.79 Å². The molecule has 1 unspecified atom stereocenters. The van der Waals surface area contributed by atoms with Gasteiger partial charge in [0.25, 0.3) is 0 Å². The quantitative estimate of drug-likeness (QED) is 0.781. The Balaban J connectivity index is 2.25. The maximum atomic E-state index is 10.8. The number of carboxylic acids is 1. The molecule has 0 amide bonds. The summed E-state index contributed by atoms with van der Waals surface area (Å²) in [6.07, 6.45) is 1.76. The van der Waals surface area contributed by atoms with Crippen molar-refractivity contribution in [3.8, 4) is 0 Å². The highest BCUT2D eigenvalue weighted by atomic mass is 16.4. The van der Waals surface area contributed by atoms with Crippen LogP contribution >= 0.6 is 0 Å². The molecular weight excluding hydrogens is 206 g/mol. The molecule has 1 aromatic carbocycles. The molecule has 0 saturated carbocycles. The van der Waals surface area contributed by atoms with Crippen LogP contribution in [0, 0.1) is 0 Å². The third-order valence-corrected chi connectivity index (χ3v) is 2.52. The lowest BCUT2D eigenvalue weighted by Crippen LogP contribution is -2.22. The third-order valence-electron chi connectivity index (χ3n) is 2.52. The van der Waals surface area contributed by atoms with Gasteiger partial charge in [-0.3, -0.25) is 9.79 Å². The summed E-state index contributed by atoms with van der Waals surface area (Å²) >= 11 is 0. The Morgan fingerprint density at radius 2 is 2.38 bits per heavy atom. The van der Waals surface area contributed by atoms with Crippen LogP contribution in [0.4, 0.5) is 5.69 Å². The summed E-state index contributed by atoms with van der Waals surface area (Å²) in [5.41, 5.74) is 7.08. The Morgan fingerprint density at radius 1 is 1.56 bits per heavy atom. The average molecular weight is 219 g/mol. The molecule has 0 saturated heterocycles. The van der Waals surface area contributed by atoms with Crippen molar-refractivity contribution in [3.05, 3.63) is 29.8 Å². The first-order valence-corrected chi connectivity index (χ1v) is 5.03. The predicted molar refractivity (Wildman–Crippen MR) is 61.7 cm³/mol. The Bertz CT molecular complexity index is 414. The van der Waals surface area contributed by atoms with Gasteiger partial charge in [0.2, 0.25) is 0 Å². The number of nitrogens with two attached hydrogens (primary N) is 1. The zero-order valence-electron chi connectivity index (χ0n) is 8.71. The maximum Gasteiger partial charge on any atom is 0.325 e. The number of hydrogen-bond acceptors (Lipinski definition) is 4. The Morgan fingerprint density at radius 3 is 3.00 bits per heavy atom. The van der Waals surface area contributed by atoms with Crippen LogP contribution < -0.4 is 10.6 Å². The van der Waals surface area contributed by atoms with Gasteiger partial charge in [-0.05, 0) is 17.7 Å². The van der Waals surface area contributed by atoms with E-state index in [0.29, 0.717) is 5.56 Å². The molecule has 1 heterocycles. The highest BCUT2D eigenvalue weighted by Gasteiger charge is 2.16. The molecule has 5 nitrogen and oxygen atoms in total. The molecule has 0 bridgehead atoms. The van der Waals surface area contributed by atoms with Gasteiger partial charge in [-0.1, -0.05) is 12.1 Å². The van der Waals surface area contributed by atoms with Crippen molar-refractivity contribution in [2.75, 3.05) is 18.0 Å². The SMILES string of the molecule is NC(C(=O)O)c1cccc(N2C=NCC2)c1. The van der Waals surface area contributed by atoms with Crippen LogP contribution in [0.2, 0.25) is 0 Å². The topological polar surface area (TPSA) is 78.9 Å². The van der Waals surface area contributed by atoms with Crippen LogP contribution in [0.25, 0.3) is 0 Å². The number of benzene rings is 1. The van der Waals surface area contributed by atoms with E-state index in [1.54, 1.807) is 24.5 Å². The van der Waals surface area contributed by atoms with Gasteiger partial charge in [0, 0.05) is 12.2 Å². The van der Waals surface area contributed by atoms with E-state index >= 15 is 0 Å². The molecule has 0 fully saturated rings. The molecule has 0 aromatic heterocycles. The van der Waals surface area contributed by atoms with Crippen molar-refractivity contribution in [1.82, 2.24) is 0 Å². The fraction of sp³-hybridized carbons (Fsp3) is 0.273. The van der Waals surface area contributed by atoms with Crippen molar-refractivity contribution in [3.63, 3.8) is 0 Å². The van der Waals surface area contributed by atoms with E-state index in [4.69, 9.17) is 10.8 Å². The second kappa shape index (κ2) is 4.32. The smallest absolute Gasteiger partial charge is 0.325 e. The van der Waals surface area contributed by atoms with Gasteiger partial charge in [0.15, 0.2) is 0 Å². The molecule has 0 radical (unpaired) electrons. The monoisotopic (exact) mass is 219 g/mol. The number of rotatable bonds is 3. The summed E-state index contributed by atoms with van der Waals surface area (Å²) in [6, 6.07) is 6.25. The molecule has 2 rings (SSSR count). The lowest BCUT2D eigenvalue weighted by molar-refractivity contribution is -0.138. The number of carbonyl (C=O) groups is 1. The number of nitrogens with zero attached hydrogens (tertiary/aromatic N) is 2. The molecule has 0 spiro atoms. The highest BCUT2D eigenvalue weighted by Crippen LogP contribution is 2.20. The van der Waals surface area contributed by atoms with E-state index in [2.05, 4.69) is 4.99 Å². The minimum Gasteiger partial charge on any atom is -0.480 e. The largest absolute Gasteiger partial charge is 0.480 e. The van der Waals surface area contributed by atoms with Crippen molar-refractivity contribution in [1.29, 1.82) is 0 Å². The molecule has 16 heavy (non-hydrogen) atoms. The standard InChI is InChI=1S/C11H13N3O2/c12-10(11(15)16)8-2-1-3-9(6-8)14-5-4-13-7-14/h1-3,6-7,10H,4-5,12H2,(H,15,16). The zero-order chi connectivity index (χ0) is 11.5. The highest BCUT2D eigenvalue weighted by molar-refractivity contribution is 5.82. The maximum absolute atomic E-state index is 10.8. The fourth-order valence-electron chi connectivity index (χ4n) is 1.61. The molecule has 84 valence electrons. The van der Waals surface area contributed by atoms with Crippen molar-refractivity contribution < 1.29 is 9.90 Å². The van der Waals surface area contributed by atoms with Crippen molar-refractivity contribution >= 4 is 18.0 Å². The number of aliphatic imine (C=N–C) groups is 1. The van der Waals surface area contributed by atoms with Gasteiger partial charge in [-0.2, -0.15) is 0 Å². The van der Waals surface area contributed by atoms with Crippen LogP contribution in [0.15, 0.2) is 29.3 Å². The Labute approximate surface area is 93.2 Å². The molecular formula is C11H13N3O2. The van der Waals surface area contributed by atoms with Gasteiger partial charge in [0.05, 0.1) is 12.9 Å². The molecule has 1 aliphatic heterocycles. The number of aliphatic carboxylic acids is 1. The zero-order valence-corrected chi connectivity index (χ0v) is 8.71. The van der Waals surface area contributed by atoms with Crippen LogP contribution in [0.3, 0.4) is 0 Å². The summed E-state index contributed by atoms with van der Waals surface area (Å²) in [4.78, 5) is 16.8. The summed E-state index contributed by atoms with van der Waals surface area (Å²) in [5, 5.41) is 8.83.